The van der Waals surface area contributed by atoms with E-state index in [2.05, 4.69) is 9.72 Å². The number of carbonyl (C=O) groups excluding carboxylic acids is 1. The Labute approximate surface area is 203 Å². The lowest BCUT2D eigenvalue weighted by Crippen LogP contribution is -2.48. The molecule has 12 heteroatoms. The van der Waals surface area contributed by atoms with Gasteiger partial charge < -0.3 is 14.4 Å². The average molecular weight is 518 g/mol. The van der Waals surface area contributed by atoms with Gasteiger partial charge in [0.05, 0.1) is 18.1 Å². The number of aromatic nitrogens is 1. The number of hydrogen-bond donors (Lipinski definition) is 0. The molecule has 2 atom stereocenters. The number of halogens is 3. The second-order valence-electron chi connectivity index (χ2n) is 9.70. The highest BCUT2D eigenvalue weighted by Gasteiger charge is 2.45. The lowest BCUT2D eigenvalue weighted by molar-refractivity contribution is -0.200. The number of pyridine rings is 1. The van der Waals surface area contributed by atoms with Crippen molar-refractivity contribution in [2.45, 2.75) is 57.4 Å². The van der Waals surface area contributed by atoms with E-state index in [9.17, 15) is 26.4 Å². The fraction of sp³-hybridized carbons (Fsp3) is 0.652. The second kappa shape index (κ2) is 9.27. The Kier molecular flexibility index (Phi) is 6.82. The van der Waals surface area contributed by atoms with E-state index in [-0.39, 0.29) is 5.92 Å². The molecule has 0 spiro atoms. The van der Waals surface area contributed by atoms with Crippen LogP contribution in [0.1, 0.15) is 44.4 Å². The van der Waals surface area contributed by atoms with E-state index < -0.39 is 34.0 Å². The molecule has 4 heterocycles. The molecule has 0 radical (unpaired) electrons. The molecule has 8 nitrogen and oxygen atoms in total. The number of alkyl halides is 3. The van der Waals surface area contributed by atoms with Gasteiger partial charge in [-0.05, 0) is 44.7 Å². The maximum atomic E-state index is 12.7. The molecule has 0 N–H and O–H groups in total. The summed E-state index contributed by atoms with van der Waals surface area (Å²) in [4.78, 5) is 18.0. The smallest absolute Gasteiger partial charge is 0.425 e. The Hall–Kier alpha value is -2.34. The second-order valence-corrected chi connectivity index (χ2v) is 11.7. The number of fused-ring (bicyclic) bond motifs is 1. The van der Waals surface area contributed by atoms with Crippen LogP contribution in [-0.2, 0) is 21.2 Å². The van der Waals surface area contributed by atoms with E-state index in [1.807, 2.05) is 19.1 Å². The number of amides is 1. The first kappa shape index (κ1) is 25.7. The molecule has 1 saturated heterocycles. The van der Waals surface area contributed by atoms with Crippen molar-refractivity contribution in [3.05, 3.63) is 29.6 Å². The van der Waals surface area contributed by atoms with Crippen molar-refractivity contribution >= 4 is 21.7 Å². The molecular formula is C23H30F3N3O5S. The Morgan fingerprint density at radius 2 is 1.97 bits per heavy atom. The molecule has 35 heavy (non-hydrogen) atoms. The summed E-state index contributed by atoms with van der Waals surface area (Å²) in [5.74, 6) is 0.811. The molecule has 0 saturated carbocycles. The van der Waals surface area contributed by atoms with Gasteiger partial charge in [0.1, 0.15) is 11.4 Å². The number of sulfonamides is 1. The Bertz CT molecular complexity index is 1120. The van der Waals surface area contributed by atoms with Crippen LogP contribution < -0.4 is 4.74 Å². The lowest BCUT2D eigenvalue weighted by atomic mass is 9.79. The molecule has 2 unspecified atom stereocenters. The molecular weight excluding hydrogens is 487 g/mol. The Morgan fingerprint density at radius 3 is 2.54 bits per heavy atom. The van der Waals surface area contributed by atoms with Crippen molar-refractivity contribution in [3.8, 4) is 5.75 Å². The average Bonchev–Trinajstić information content (AvgIpc) is 3.14. The zero-order chi connectivity index (χ0) is 25.6. The van der Waals surface area contributed by atoms with Gasteiger partial charge in [0, 0.05) is 44.1 Å². The zero-order valence-corrected chi connectivity index (χ0v) is 20.8. The van der Waals surface area contributed by atoms with Crippen LogP contribution in [-0.4, -0.2) is 79.0 Å². The van der Waals surface area contributed by atoms with Crippen molar-refractivity contribution in [1.29, 1.82) is 0 Å². The first-order valence-corrected chi connectivity index (χ1v) is 13.5. The number of rotatable bonds is 4. The minimum Gasteiger partial charge on any atom is -0.485 e. The van der Waals surface area contributed by atoms with E-state index in [0.717, 1.165) is 23.8 Å². The Balaban J connectivity index is 1.36. The summed E-state index contributed by atoms with van der Waals surface area (Å²) in [5.41, 5.74) is 2.32. The topological polar surface area (TPSA) is 89.0 Å². The molecule has 1 fully saturated rings. The number of nitrogens with zero attached hydrogens (tertiary/aromatic N) is 3. The van der Waals surface area contributed by atoms with Crippen LogP contribution in [0.15, 0.2) is 18.3 Å². The molecule has 0 aliphatic carbocycles. The van der Waals surface area contributed by atoms with Crippen LogP contribution in [0.2, 0.25) is 0 Å². The summed E-state index contributed by atoms with van der Waals surface area (Å²) in [5, 5.41) is 0. The maximum Gasteiger partial charge on any atom is 0.425 e. The molecule has 1 amide bonds. The van der Waals surface area contributed by atoms with Gasteiger partial charge in [-0.25, -0.2) is 13.2 Å². The normalized spacial score (nSPS) is 25.0. The molecule has 1 aromatic heterocycles. The zero-order valence-electron chi connectivity index (χ0n) is 20.0. The summed E-state index contributed by atoms with van der Waals surface area (Å²) in [6.45, 7) is 4.18. The summed E-state index contributed by atoms with van der Waals surface area (Å²) in [6, 6.07) is 1.99. The number of ether oxygens (including phenoxy) is 2. The van der Waals surface area contributed by atoms with Crippen LogP contribution >= 0.6 is 0 Å². The van der Waals surface area contributed by atoms with Gasteiger partial charge in [0.15, 0.2) is 6.10 Å². The standard InChI is InChI=1S/C23H30F3N3O5S/c1-15(23(24,25)26)33-21(30)28-8-6-18(7-9-28)22(2)13-17-12-19(27-14-20(17)34-22)16-4-10-29(11-5-16)35(3,31)32/h4,12,14-15,18H,5-11,13H2,1-3H3. The van der Waals surface area contributed by atoms with Crippen LogP contribution in [0.25, 0.3) is 5.57 Å². The number of likely N-dealkylation sites (tertiary alicyclic amines) is 1. The SMILES string of the molecule is CC(OC(=O)N1CCC(C2(C)Cc3cc(C4=CCN(S(C)(=O)=O)CC4)ncc3O2)CC1)C(F)(F)F. The van der Waals surface area contributed by atoms with Crippen LogP contribution in [0.4, 0.5) is 18.0 Å². The van der Waals surface area contributed by atoms with Crippen molar-refractivity contribution in [3.63, 3.8) is 0 Å². The minimum atomic E-state index is -4.58. The van der Waals surface area contributed by atoms with Crippen molar-refractivity contribution < 1.29 is 35.9 Å². The van der Waals surface area contributed by atoms with Crippen molar-refractivity contribution in [2.75, 3.05) is 32.4 Å². The highest BCUT2D eigenvalue weighted by molar-refractivity contribution is 7.88. The van der Waals surface area contributed by atoms with Gasteiger partial charge in [-0.2, -0.15) is 17.5 Å². The van der Waals surface area contributed by atoms with E-state index in [1.165, 1.54) is 15.5 Å². The van der Waals surface area contributed by atoms with Gasteiger partial charge in [0.25, 0.3) is 0 Å². The molecule has 0 aromatic carbocycles. The third kappa shape index (κ3) is 5.58. The van der Waals surface area contributed by atoms with Gasteiger partial charge >= 0.3 is 12.3 Å². The van der Waals surface area contributed by atoms with Gasteiger partial charge in [-0.15, -0.1) is 0 Å². The van der Waals surface area contributed by atoms with Crippen LogP contribution in [0.3, 0.4) is 0 Å². The highest BCUT2D eigenvalue weighted by Crippen LogP contribution is 2.43. The van der Waals surface area contributed by atoms with Crippen molar-refractivity contribution in [2.24, 2.45) is 5.92 Å². The Morgan fingerprint density at radius 1 is 1.29 bits per heavy atom. The van der Waals surface area contributed by atoms with Gasteiger partial charge in [-0.3, -0.25) is 4.98 Å². The van der Waals surface area contributed by atoms with E-state index in [1.54, 1.807) is 6.20 Å². The number of piperidine rings is 1. The molecule has 3 aliphatic heterocycles. The lowest BCUT2D eigenvalue weighted by Gasteiger charge is -2.39. The fourth-order valence-corrected chi connectivity index (χ4v) is 5.70. The monoisotopic (exact) mass is 517 g/mol. The summed E-state index contributed by atoms with van der Waals surface area (Å²) < 4.78 is 73.8. The largest absolute Gasteiger partial charge is 0.485 e. The predicted octanol–water partition coefficient (Wildman–Crippen LogP) is 3.62. The van der Waals surface area contributed by atoms with Gasteiger partial charge in [-0.1, -0.05) is 6.08 Å². The highest BCUT2D eigenvalue weighted by atomic mass is 32.2. The molecule has 3 aliphatic rings. The first-order valence-electron chi connectivity index (χ1n) is 11.6. The van der Waals surface area contributed by atoms with Crippen LogP contribution in [0, 0.1) is 5.92 Å². The molecule has 1 aromatic rings. The third-order valence-corrected chi connectivity index (χ3v) is 8.43. The summed E-state index contributed by atoms with van der Waals surface area (Å²) in [7, 11) is -3.22. The summed E-state index contributed by atoms with van der Waals surface area (Å²) >= 11 is 0. The van der Waals surface area contributed by atoms with E-state index in [4.69, 9.17) is 4.74 Å². The minimum absolute atomic E-state index is 0.111. The predicted molar refractivity (Wildman–Crippen MR) is 122 cm³/mol. The quantitative estimate of drug-likeness (QED) is 0.606. The van der Waals surface area contributed by atoms with Gasteiger partial charge in [0.2, 0.25) is 10.0 Å². The molecule has 0 bridgehead atoms. The van der Waals surface area contributed by atoms with E-state index in [0.29, 0.717) is 57.6 Å². The fourth-order valence-electron chi connectivity index (χ4n) is 4.93. The number of hydrogen-bond acceptors (Lipinski definition) is 6. The third-order valence-electron chi connectivity index (χ3n) is 7.16. The van der Waals surface area contributed by atoms with E-state index >= 15 is 0 Å². The molecule has 4 rings (SSSR count). The summed E-state index contributed by atoms with van der Waals surface area (Å²) in [6.07, 6.45) is -0.467. The number of carbonyl (C=O) groups is 1. The van der Waals surface area contributed by atoms with Crippen molar-refractivity contribution in [1.82, 2.24) is 14.2 Å². The maximum absolute atomic E-state index is 12.7. The first-order chi connectivity index (χ1) is 16.3. The van der Waals surface area contributed by atoms with Crippen LogP contribution in [0.5, 0.6) is 5.75 Å². The molecule has 194 valence electrons.